The Balaban J connectivity index is 1.60. The van der Waals surface area contributed by atoms with Gasteiger partial charge in [-0.3, -0.25) is 14.8 Å². The summed E-state index contributed by atoms with van der Waals surface area (Å²) in [7, 11) is -2.34. The minimum atomic E-state index is -3.83. The number of nitrogens with zero attached hydrogens (tertiary/aromatic N) is 2. The number of carbonyl (C=O) groups excluding carboxylic acids is 2. The first-order chi connectivity index (χ1) is 17.0. The number of rotatable bonds is 10. The van der Waals surface area contributed by atoms with E-state index in [0.717, 1.165) is 23.0 Å². The van der Waals surface area contributed by atoms with Crippen molar-refractivity contribution in [2.24, 2.45) is 0 Å². The molecule has 0 radical (unpaired) electrons. The minimum absolute atomic E-state index is 0.0522. The van der Waals surface area contributed by atoms with Crippen LogP contribution in [0.2, 0.25) is 5.02 Å². The smallest absolute Gasteiger partial charge is 0.264 e. The zero-order chi connectivity index (χ0) is 26.5. The number of carbonyl (C=O) groups is 2. The lowest BCUT2D eigenvalue weighted by Crippen LogP contribution is -2.51. The predicted molar refractivity (Wildman–Crippen MR) is 134 cm³/mol. The molecule has 194 valence electrons. The number of nitrogens with one attached hydrogen (secondary N) is 1. The molecule has 1 aromatic carbocycles. The number of sulfone groups is 1. The lowest BCUT2D eigenvalue weighted by molar-refractivity contribution is -0.133. The molecule has 1 aliphatic heterocycles. The molecule has 0 fully saturated rings. The Labute approximate surface area is 214 Å². The standard InChI is InChI=1S/C24H28ClN3O7S/c1-24(23(30)27-31,36(3,32)33)9-11-28-10-8-18(13-21(28)29)17-4-6-19(7-5-17)35-15-16-12-20(25)22(34-2)26-14-16/h4-8,12,14,31H,9-11,13,15H2,1-3H3,(H,27,30)/t24-/m0/s1. The highest BCUT2D eigenvalue weighted by Crippen LogP contribution is 2.28. The maximum Gasteiger partial charge on any atom is 0.264 e. The van der Waals surface area contributed by atoms with Gasteiger partial charge in [0.05, 0.1) is 13.5 Å². The van der Waals surface area contributed by atoms with Gasteiger partial charge in [-0.05, 0) is 42.7 Å². The molecular weight excluding hydrogens is 510 g/mol. The van der Waals surface area contributed by atoms with Crippen molar-refractivity contribution in [1.29, 1.82) is 0 Å². The van der Waals surface area contributed by atoms with Crippen molar-refractivity contribution in [1.82, 2.24) is 15.4 Å². The van der Waals surface area contributed by atoms with E-state index in [-0.39, 0.29) is 38.4 Å². The van der Waals surface area contributed by atoms with Crippen LogP contribution < -0.4 is 15.0 Å². The molecule has 0 saturated heterocycles. The van der Waals surface area contributed by atoms with Crippen molar-refractivity contribution in [3.8, 4) is 11.6 Å². The molecule has 0 unspecified atom stereocenters. The van der Waals surface area contributed by atoms with Crippen molar-refractivity contribution in [2.45, 2.75) is 31.1 Å². The molecule has 12 heteroatoms. The molecule has 2 heterocycles. The Morgan fingerprint density at radius 3 is 2.56 bits per heavy atom. The molecule has 3 rings (SSSR count). The third-order valence-corrected chi connectivity index (χ3v) is 8.50. The zero-order valence-corrected chi connectivity index (χ0v) is 21.7. The van der Waals surface area contributed by atoms with Crippen LogP contribution in [0.15, 0.2) is 42.6 Å². The van der Waals surface area contributed by atoms with Crippen LogP contribution in [-0.4, -0.2) is 66.5 Å². The van der Waals surface area contributed by atoms with Gasteiger partial charge in [-0.1, -0.05) is 29.8 Å². The lowest BCUT2D eigenvalue weighted by atomic mass is 9.98. The molecule has 1 atom stereocenters. The molecule has 36 heavy (non-hydrogen) atoms. The van der Waals surface area contributed by atoms with Gasteiger partial charge >= 0.3 is 0 Å². The average Bonchev–Trinajstić information content (AvgIpc) is 2.85. The minimum Gasteiger partial charge on any atom is -0.489 e. The fraction of sp³-hybridized carbons (Fsp3) is 0.375. The van der Waals surface area contributed by atoms with E-state index in [1.165, 1.54) is 24.4 Å². The normalized spacial score (nSPS) is 15.6. The summed E-state index contributed by atoms with van der Waals surface area (Å²) in [4.78, 5) is 30.3. The first-order valence-corrected chi connectivity index (χ1v) is 13.3. The molecule has 2 amide bonds. The first kappa shape index (κ1) is 27.4. The fourth-order valence-corrected chi connectivity index (χ4v) is 4.78. The monoisotopic (exact) mass is 537 g/mol. The van der Waals surface area contributed by atoms with Crippen LogP contribution in [0.5, 0.6) is 11.6 Å². The summed E-state index contributed by atoms with van der Waals surface area (Å²) in [6.45, 7) is 1.83. The number of aromatic nitrogens is 1. The van der Waals surface area contributed by atoms with E-state index in [0.29, 0.717) is 16.7 Å². The highest BCUT2D eigenvalue weighted by molar-refractivity contribution is 7.92. The fourth-order valence-electron chi connectivity index (χ4n) is 3.66. The number of benzene rings is 1. The summed E-state index contributed by atoms with van der Waals surface area (Å²) in [5, 5.41) is 9.35. The van der Waals surface area contributed by atoms with E-state index in [1.807, 2.05) is 18.2 Å². The number of ether oxygens (including phenoxy) is 2. The van der Waals surface area contributed by atoms with Crippen LogP contribution in [0.4, 0.5) is 0 Å². The van der Waals surface area contributed by atoms with Crippen molar-refractivity contribution in [3.05, 3.63) is 58.8 Å². The Morgan fingerprint density at radius 1 is 1.31 bits per heavy atom. The Hall–Kier alpha value is -3.15. The molecular formula is C24H28ClN3O7S. The zero-order valence-electron chi connectivity index (χ0n) is 20.2. The summed E-state index contributed by atoms with van der Waals surface area (Å²) in [5.74, 6) is -0.229. The second kappa shape index (κ2) is 11.3. The Morgan fingerprint density at radius 2 is 2.00 bits per heavy atom. The second-order valence-electron chi connectivity index (χ2n) is 8.59. The molecule has 2 aromatic rings. The molecule has 0 saturated carbocycles. The van der Waals surface area contributed by atoms with Gasteiger partial charge in [0.15, 0.2) is 14.6 Å². The predicted octanol–water partition coefficient (Wildman–Crippen LogP) is 2.64. The number of hydrogen-bond acceptors (Lipinski definition) is 8. The third-order valence-electron chi connectivity index (χ3n) is 6.20. The van der Waals surface area contributed by atoms with E-state index < -0.39 is 20.5 Å². The van der Waals surface area contributed by atoms with Gasteiger partial charge in [0, 0.05) is 31.1 Å². The van der Waals surface area contributed by atoms with E-state index in [1.54, 1.807) is 24.4 Å². The molecule has 1 aliphatic rings. The van der Waals surface area contributed by atoms with Gasteiger partial charge in [-0.25, -0.2) is 18.9 Å². The maximum absolute atomic E-state index is 12.7. The number of halogens is 1. The molecule has 0 aliphatic carbocycles. The van der Waals surface area contributed by atoms with Gasteiger partial charge < -0.3 is 14.4 Å². The van der Waals surface area contributed by atoms with Crippen LogP contribution in [0, 0.1) is 0 Å². The van der Waals surface area contributed by atoms with Crippen molar-refractivity contribution in [2.75, 3.05) is 26.5 Å². The van der Waals surface area contributed by atoms with Crippen molar-refractivity contribution < 1.29 is 32.7 Å². The van der Waals surface area contributed by atoms with Crippen molar-refractivity contribution in [3.63, 3.8) is 0 Å². The van der Waals surface area contributed by atoms with E-state index in [9.17, 15) is 18.0 Å². The number of hydroxylamine groups is 1. The Kier molecular flexibility index (Phi) is 8.59. The lowest BCUT2D eigenvalue weighted by Gasteiger charge is -2.31. The molecule has 2 N–H and O–H groups in total. The summed E-state index contributed by atoms with van der Waals surface area (Å²) >= 11 is 6.09. The summed E-state index contributed by atoms with van der Waals surface area (Å²) in [6.07, 6.45) is 4.44. The Bertz CT molecular complexity index is 1260. The molecule has 0 bridgehead atoms. The quantitative estimate of drug-likeness (QED) is 0.349. The van der Waals surface area contributed by atoms with Gasteiger partial charge in [0.2, 0.25) is 11.8 Å². The van der Waals surface area contributed by atoms with Crippen LogP contribution in [-0.2, 0) is 26.0 Å². The number of methoxy groups -OCH3 is 1. The van der Waals surface area contributed by atoms with E-state index in [4.69, 9.17) is 26.3 Å². The van der Waals surface area contributed by atoms with E-state index >= 15 is 0 Å². The van der Waals surface area contributed by atoms with E-state index in [2.05, 4.69) is 4.98 Å². The number of pyridine rings is 1. The summed E-state index contributed by atoms with van der Waals surface area (Å²) < 4.78 is 33.2. The summed E-state index contributed by atoms with van der Waals surface area (Å²) in [6, 6.07) is 9.04. The van der Waals surface area contributed by atoms with Crippen LogP contribution in [0.25, 0.3) is 5.57 Å². The largest absolute Gasteiger partial charge is 0.489 e. The number of amides is 2. The van der Waals surface area contributed by atoms with Crippen LogP contribution in [0.3, 0.4) is 0 Å². The average molecular weight is 538 g/mol. The van der Waals surface area contributed by atoms with Crippen molar-refractivity contribution >= 4 is 38.8 Å². The van der Waals surface area contributed by atoms with Gasteiger partial charge in [0.1, 0.15) is 17.4 Å². The highest BCUT2D eigenvalue weighted by atomic mass is 35.5. The molecule has 1 aromatic heterocycles. The van der Waals surface area contributed by atoms with Gasteiger partial charge in [0.25, 0.3) is 5.91 Å². The summed E-state index contributed by atoms with van der Waals surface area (Å²) in [5.41, 5.74) is 3.90. The SMILES string of the molecule is COc1ncc(COc2ccc(C3=CCN(CC[C@@](C)(C(=O)NO)S(C)(=O)=O)C(=O)C3)cc2)cc1Cl. The molecule has 0 spiro atoms. The number of hydrogen-bond donors (Lipinski definition) is 2. The van der Waals surface area contributed by atoms with Gasteiger partial charge in [-0.15, -0.1) is 0 Å². The highest BCUT2D eigenvalue weighted by Gasteiger charge is 2.43. The third kappa shape index (κ3) is 6.15. The molecule has 10 nitrogen and oxygen atoms in total. The van der Waals surface area contributed by atoms with Crippen LogP contribution >= 0.6 is 11.6 Å². The van der Waals surface area contributed by atoms with Crippen LogP contribution in [0.1, 0.15) is 30.9 Å². The maximum atomic E-state index is 12.7. The van der Waals surface area contributed by atoms with Gasteiger partial charge in [-0.2, -0.15) is 0 Å². The second-order valence-corrected chi connectivity index (χ2v) is 11.4. The first-order valence-electron chi connectivity index (χ1n) is 11.0. The topological polar surface area (TPSA) is 135 Å².